The number of hydrogen-bond donors (Lipinski definition) is 1. The molecule has 124 valence electrons. The maximum Gasteiger partial charge on any atom is 0.416 e. The van der Waals surface area contributed by atoms with Crippen molar-refractivity contribution in [1.29, 1.82) is 0 Å². The minimum absolute atomic E-state index is 0.194. The van der Waals surface area contributed by atoms with Crippen molar-refractivity contribution in [2.75, 3.05) is 12.4 Å². The van der Waals surface area contributed by atoms with Crippen LogP contribution in [0.5, 0.6) is 5.19 Å². The molecule has 3 rings (SSSR count). The Kier molecular flexibility index (Phi) is 4.34. The molecule has 0 bridgehead atoms. The summed E-state index contributed by atoms with van der Waals surface area (Å²) in [7, 11) is 1.52. The summed E-state index contributed by atoms with van der Waals surface area (Å²) in [6.45, 7) is 0. The summed E-state index contributed by atoms with van der Waals surface area (Å²) in [4.78, 5) is 13.1. The molecule has 1 aromatic carbocycles. The maximum atomic E-state index is 12.8. The van der Waals surface area contributed by atoms with E-state index in [0.29, 0.717) is 10.9 Å². The van der Waals surface area contributed by atoms with Gasteiger partial charge in [-0.3, -0.25) is 0 Å². The van der Waals surface area contributed by atoms with Crippen LogP contribution in [0, 0.1) is 0 Å². The monoisotopic (exact) mass is 352 g/mol. The fraction of sp³-hybridized carbons (Fsp3) is 0.133. The van der Waals surface area contributed by atoms with Gasteiger partial charge in [0, 0.05) is 11.9 Å². The molecule has 0 unspecified atom stereocenters. The first-order valence-electron chi connectivity index (χ1n) is 6.73. The number of aromatic nitrogens is 3. The van der Waals surface area contributed by atoms with Crippen LogP contribution in [0.15, 0.2) is 42.7 Å². The van der Waals surface area contributed by atoms with E-state index in [0.717, 1.165) is 17.0 Å². The molecule has 0 aliphatic heterocycles. The number of halogens is 3. The number of rotatable bonds is 4. The van der Waals surface area contributed by atoms with Gasteiger partial charge in [-0.25, -0.2) is 15.0 Å². The van der Waals surface area contributed by atoms with Gasteiger partial charge in [0.25, 0.3) is 5.19 Å². The fourth-order valence-electron chi connectivity index (χ4n) is 1.93. The number of hydrogen-bond acceptors (Lipinski definition) is 6. The Hall–Kier alpha value is -2.68. The summed E-state index contributed by atoms with van der Waals surface area (Å²) in [5.74, 6) is 0.194. The van der Waals surface area contributed by atoms with Gasteiger partial charge in [0.05, 0.1) is 29.4 Å². The lowest BCUT2D eigenvalue weighted by Gasteiger charge is -2.10. The van der Waals surface area contributed by atoms with Gasteiger partial charge in [-0.15, -0.1) is 0 Å². The zero-order valence-corrected chi connectivity index (χ0v) is 13.1. The first kappa shape index (κ1) is 16.2. The molecule has 0 aliphatic carbocycles. The molecule has 0 saturated heterocycles. The highest BCUT2D eigenvalue weighted by Gasteiger charge is 2.30. The van der Waals surface area contributed by atoms with E-state index in [-0.39, 0.29) is 11.6 Å². The quantitative estimate of drug-likeness (QED) is 0.755. The molecule has 0 saturated carbocycles. The van der Waals surface area contributed by atoms with Crippen molar-refractivity contribution in [2.24, 2.45) is 0 Å². The molecule has 1 N–H and O–H groups in total. The SMILES string of the molecule is COc1ncc(-c2ccnc(Nc3cccc(C(F)(F)F)c3)n2)s1. The van der Waals surface area contributed by atoms with Gasteiger partial charge in [-0.2, -0.15) is 13.2 Å². The zero-order chi connectivity index (χ0) is 17.2. The number of nitrogens with zero attached hydrogens (tertiary/aromatic N) is 3. The molecule has 5 nitrogen and oxygen atoms in total. The van der Waals surface area contributed by atoms with E-state index in [1.165, 1.54) is 36.8 Å². The number of ether oxygens (including phenoxy) is 1. The average Bonchev–Trinajstić information content (AvgIpc) is 3.04. The highest BCUT2D eigenvalue weighted by atomic mass is 32.1. The van der Waals surface area contributed by atoms with E-state index in [9.17, 15) is 13.2 Å². The molecular weight excluding hydrogens is 341 g/mol. The molecule has 24 heavy (non-hydrogen) atoms. The molecule has 3 aromatic rings. The number of benzene rings is 1. The standard InChI is InChI=1S/C15H11F3N4OS/c1-23-14-20-8-12(24-14)11-5-6-19-13(22-11)21-10-4-2-3-9(7-10)15(16,17)18/h2-8H,1H3,(H,19,21,22). The minimum Gasteiger partial charge on any atom is -0.473 e. The lowest BCUT2D eigenvalue weighted by molar-refractivity contribution is -0.137. The van der Waals surface area contributed by atoms with Gasteiger partial charge in [-0.1, -0.05) is 17.4 Å². The number of nitrogens with one attached hydrogen (secondary N) is 1. The van der Waals surface area contributed by atoms with E-state index >= 15 is 0 Å². The summed E-state index contributed by atoms with van der Waals surface area (Å²) in [5.41, 5.74) is 0.111. The first-order chi connectivity index (χ1) is 11.5. The maximum absolute atomic E-state index is 12.8. The Morgan fingerprint density at radius 1 is 1.17 bits per heavy atom. The molecule has 0 atom stereocenters. The second kappa shape index (κ2) is 6.44. The van der Waals surface area contributed by atoms with Crippen molar-refractivity contribution < 1.29 is 17.9 Å². The largest absolute Gasteiger partial charge is 0.473 e. The zero-order valence-electron chi connectivity index (χ0n) is 12.3. The Morgan fingerprint density at radius 2 is 2.00 bits per heavy atom. The summed E-state index contributed by atoms with van der Waals surface area (Å²) in [5, 5.41) is 3.27. The van der Waals surface area contributed by atoms with Gasteiger partial charge < -0.3 is 10.1 Å². The molecule has 0 fully saturated rings. The minimum atomic E-state index is -4.40. The van der Waals surface area contributed by atoms with Crippen molar-refractivity contribution in [2.45, 2.75) is 6.18 Å². The summed E-state index contributed by atoms with van der Waals surface area (Å²) in [6, 6.07) is 6.53. The number of thiazole rings is 1. The lowest BCUT2D eigenvalue weighted by atomic mass is 10.2. The molecule has 9 heteroatoms. The summed E-state index contributed by atoms with van der Waals surface area (Å²) in [6.07, 6.45) is -1.27. The Balaban J connectivity index is 1.85. The van der Waals surface area contributed by atoms with Gasteiger partial charge in [-0.05, 0) is 24.3 Å². The molecule has 0 radical (unpaired) electrons. The van der Waals surface area contributed by atoms with Crippen LogP contribution < -0.4 is 10.1 Å². The predicted octanol–water partition coefficient (Wildman–Crippen LogP) is 4.37. The van der Waals surface area contributed by atoms with Crippen LogP contribution in [0.3, 0.4) is 0 Å². The van der Waals surface area contributed by atoms with Crippen molar-refractivity contribution in [3.63, 3.8) is 0 Å². The highest BCUT2D eigenvalue weighted by molar-refractivity contribution is 7.16. The lowest BCUT2D eigenvalue weighted by Crippen LogP contribution is -2.05. The molecule has 0 aliphatic rings. The van der Waals surface area contributed by atoms with Crippen LogP contribution in [-0.2, 0) is 6.18 Å². The van der Waals surface area contributed by atoms with E-state index in [2.05, 4.69) is 20.3 Å². The van der Waals surface area contributed by atoms with Crippen LogP contribution in [0.25, 0.3) is 10.6 Å². The second-order valence-corrected chi connectivity index (χ2v) is 5.66. The van der Waals surface area contributed by atoms with Crippen LogP contribution >= 0.6 is 11.3 Å². The van der Waals surface area contributed by atoms with Gasteiger partial charge in [0.2, 0.25) is 5.95 Å². The first-order valence-corrected chi connectivity index (χ1v) is 7.55. The molecular formula is C15H11F3N4OS. The highest BCUT2D eigenvalue weighted by Crippen LogP contribution is 2.32. The van der Waals surface area contributed by atoms with Crippen molar-refractivity contribution in [1.82, 2.24) is 15.0 Å². The van der Waals surface area contributed by atoms with E-state index in [4.69, 9.17) is 4.74 Å². The molecule has 0 spiro atoms. The van der Waals surface area contributed by atoms with E-state index in [1.54, 1.807) is 12.3 Å². The van der Waals surface area contributed by atoms with Gasteiger partial charge >= 0.3 is 6.18 Å². The molecule has 0 amide bonds. The normalized spacial score (nSPS) is 11.3. The smallest absolute Gasteiger partial charge is 0.416 e. The van der Waals surface area contributed by atoms with Gasteiger partial charge in [0.15, 0.2) is 0 Å². The molecule has 2 heterocycles. The number of methoxy groups -OCH3 is 1. The number of anilines is 2. The third kappa shape index (κ3) is 3.62. The molecule has 2 aromatic heterocycles. The van der Waals surface area contributed by atoms with Crippen molar-refractivity contribution >= 4 is 23.0 Å². The summed E-state index contributed by atoms with van der Waals surface area (Å²) >= 11 is 1.31. The third-order valence-electron chi connectivity index (χ3n) is 3.01. The second-order valence-electron chi connectivity index (χ2n) is 4.66. The Morgan fingerprint density at radius 3 is 2.71 bits per heavy atom. The Bertz CT molecular complexity index is 850. The average molecular weight is 352 g/mol. The van der Waals surface area contributed by atoms with E-state index in [1.807, 2.05) is 0 Å². The number of alkyl halides is 3. The predicted molar refractivity (Wildman–Crippen MR) is 84.4 cm³/mol. The van der Waals surface area contributed by atoms with Crippen LogP contribution in [0.4, 0.5) is 24.8 Å². The van der Waals surface area contributed by atoms with Crippen LogP contribution in [-0.4, -0.2) is 22.1 Å². The van der Waals surface area contributed by atoms with Crippen molar-refractivity contribution in [3.05, 3.63) is 48.3 Å². The van der Waals surface area contributed by atoms with Gasteiger partial charge in [0.1, 0.15) is 0 Å². The van der Waals surface area contributed by atoms with Crippen molar-refractivity contribution in [3.8, 4) is 15.8 Å². The van der Waals surface area contributed by atoms with E-state index < -0.39 is 11.7 Å². The van der Waals surface area contributed by atoms with Crippen LogP contribution in [0.1, 0.15) is 5.56 Å². The Labute approximate surface area is 139 Å². The fourth-order valence-corrected chi connectivity index (χ4v) is 2.63. The topological polar surface area (TPSA) is 59.9 Å². The van der Waals surface area contributed by atoms with Crippen LogP contribution in [0.2, 0.25) is 0 Å². The summed E-state index contributed by atoms with van der Waals surface area (Å²) < 4.78 is 43.3. The third-order valence-corrected chi connectivity index (χ3v) is 3.99.